The second kappa shape index (κ2) is 35.2. The van der Waals surface area contributed by atoms with Crippen LogP contribution >= 0.6 is 0 Å². The molecule has 7 N–H and O–H groups in total. The molecule has 1 atom stereocenters. The van der Waals surface area contributed by atoms with E-state index in [9.17, 15) is 29.1 Å². The summed E-state index contributed by atoms with van der Waals surface area (Å²) in [6.45, 7) is 6.99. The van der Waals surface area contributed by atoms with Crippen molar-refractivity contribution < 1.29 is 24.1 Å². The predicted octanol–water partition coefficient (Wildman–Crippen LogP) is 12.0. The highest BCUT2D eigenvalue weighted by atomic mass is 16.5. The van der Waals surface area contributed by atoms with E-state index in [1.54, 1.807) is 0 Å². The van der Waals surface area contributed by atoms with Crippen molar-refractivity contribution in [1.29, 1.82) is 0 Å². The van der Waals surface area contributed by atoms with Crippen LogP contribution in [0.15, 0.2) is 288 Å². The average Bonchev–Trinajstić information content (AvgIpc) is 1.64. The number of H-pyrrole nitrogens is 4. The quantitative estimate of drug-likeness (QED) is 0.0332. The Kier molecular flexibility index (Phi) is 23.7. The number of amides is 1. The number of likely N-dealkylation sites (N-methyl/N-ethyl adjacent to an activating group) is 2. The lowest BCUT2D eigenvalue weighted by atomic mass is 10.0. The predicted molar refractivity (Wildman–Crippen MR) is 442 cm³/mol. The second-order valence-electron chi connectivity index (χ2n) is 27.6. The summed E-state index contributed by atoms with van der Waals surface area (Å²) in [6, 6.07) is 70.3. The number of fused-ring (bicyclic) bond motifs is 4. The van der Waals surface area contributed by atoms with Crippen LogP contribution in [0.25, 0.3) is 111 Å². The van der Waals surface area contributed by atoms with E-state index in [4.69, 9.17) is 14.2 Å². The largest absolute Gasteiger partial charge is 0.493 e. The van der Waals surface area contributed by atoms with Gasteiger partial charge in [0.1, 0.15) is 80.7 Å². The van der Waals surface area contributed by atoms with Crippen LogP contribution in [0.4, 0.5) is 0 Å². The van der Waals surface area contributed by atoms with E-state index in [1.807, 2.05) is 295 Å². The number of para-hydroxylation sites is 4. The Balaban J connectivity index is 0.000000125. The maximum absolute atomic E-state index is 12.5. The van der Waals surface area contributed by atoms with Gasteiger partial charge in [0, 0.05) is 115 Å². The van der Waals surface area contributed by atoms with Crippen LogP contribution in [0.1, 0.15) is 12.5 Å². The molecule has 8 aromatic heterocycles. The van der Waals surface area contributed by atoms with Gasteiger partial charge in [-0.05, 0) is 147 Å². The highest BCUT2D eigenvalue weighted by Crippen LogP contribution is 2.36. The minimum absolute atomic E-state index is 0.0747. The number of aromatic nitrogens is 12. The molecule has 1 aliphatic heterocycles. The van der Waals surface area contributed by atoms with E-state index < -0.39 is 6.10 Å². The first-order valence-electron chi connectivity index (χ1n) is 36.9. The van der Waals surface area contributed by atoms with Crippen molar-refractivity contribution >= 4 is 50.0 Å². The number of nitrogens with zero attached hydrogens (tertiary/aromatic N) is 10. The Hall–Kier alpha value is -13.9. The molecule has 16 aromatic rings. The number of hydrogen-bond acceptors (Lipinski definition) is 16. The van der Waals surface area contributed by atoms with Crippen molar-refractivity contribution in [2.24, 2.45) is 5.92 Å². The van der Waals surface area contributed by atoms with Crippen molar-refractivity contribution in [1.82, 2.24) is 78.6 Å². The van der Waals surface area contributed by atoms with Crippen LogP contribution in [-0.4, -0.2) is 159 Å². The number of benzene rings is 8. The molecule has 8 aromatic carbocycles. The topological polar surface area (TPSA) is 298 Å². The van der Waals surface area contributed by atoms with Gasteiger partial charge in [0.15, 0.2) is 0 Å². The number of nitrogens with one attached hydrogen (secondary N) is 6. The van der Waals surface area contributed by atoms with Crippen molar-refractivity contribution in [3.8, 4) is 84.5 Å². The van der Waals surface area contributed by atoms with Gasteiger partial charge in [-0.25, -0.2) is 19.9 Å². The van der Waals surface area contributed by atoms with Gasteiger partial charge in [-0.1, -0.05) is 127 Å². The number of aliphatic hydroxyl groups is 1. The average molecular weight is 1510 g/mol. The molecule has 1 fully saturated rings. The zero-order valence-electron chi connectivity index (χ0n) is 62.9. The normalized spacial score (nSPS) is 12.2. The molecular formula is C88H84N16O9. The summed E-state index contributed by atoms with van der Waals surface area (Å²) in [6.07, 6.45) is 13.0. The molecule has 0 aliphatic carbocycles. The molecule has 1 unspecified atom stereocenters. The number of ether oxygens (including phenoxy) is 3. The van der Waals surface area contributed by atoms with E-state index in [2.05, 4.69) is 55.4 Å². The van der Waals surface area contributed by atoms with E-state index in [1.165, 1.54) is 32.2 Å². The van der Waals surface area contributed by atoms with E-state index in [-0.39, 0.29) is 34.8 Å². The van der Waals surface area contributed by atoms with Crippen molar-refractivity contribution in [3.63, 3.8) is 0 Å². The first-order valence-corrected chi connectivity index (χ1v) is 36.9. The number of aromatic amines is 4. The Morgan fingerprint density at radius 3 is 1.14 bits per heavy atom. The summed E-state index contributed by atoms with van der Waals surface area (Å²) >= 11 is 0. The summed E-state index contributed by atoms with van der Waals surface area (Å²) in [5.41, 5.74) is 16.0. The number of hydrogen-bond donors (Lipinski definition) is 7. The highest BCUT2D eigenvalue weighted by Gasteiger charge is 2.22. The van der Waals surface area contributed by atoms with Crippen LogP contribution in [0.3, 0.4) is 0 Å². The third-order valence-corrected chi connectivity index (χ3v) is 18.9. The van der Waals surface area contributed by atoms with E-state index in [0.29, 0.717) is 75.5 Å². The standard InChI is InChI=1S/C23H24N4O3.C22H20N4O2.C22H22N4O2.C21H18N4O2/c1-26(2)12-18(28)14-30-19-10-8-16(9-11-19)20-13-27(17-6-4-3-5-7-17)22-21(20)24-15-25-23(22)29;27-22-21-20(24-14-25-22)19(12-26(21)17-4-2-1-3-5-17)16-6-8-18(9-7-16)28-13-15-10-23-11-15;1-25(2)12-13-28-18-10-8-16(9-11-18)19-14-26(17-6-4-3-5-7-17)21-20(19)23-15-24-22(21)27;1-14(26)22-11-15-6-5-7-16(10-15)18-12-25(17-8-3-2-4-9-17)20-19(18)23-13-24-21(20)27/h3-11,13,15,18,28H,12,14H2,1-2H3,(H,24,25,29);1-9,12,14-15,23H,10-11,13H2,(H,24,25,27);3-11,14-15H,12-13H2,1-2H3,(H,23,24,27);2-10,12-13H,11H2,1H3,(H,22,26)(H,23,24,27). The lowest BCUT2D eigenvalue weighted by molar-refractivity contribution is -0.119. The fourth-order valence-electron chi connectivity index (χ4n) is 13.2. The molecule has 0 spiro atoms. The van der Waals surface area contributed by atoms with Gasteiger partial charge < -0.3 is 78.0 Å². The molecule has 0 radical (unpaired) electrons. The zero-order chi connectivity index (χ0) is 78.3. The SMILES string of the molecule is CC(=O)NCc1cccc(-c2cn(-c3ccccc3)c3c(=O)[nH]cnc23)c1.CN(C)CC(O)COc1ccc(-c2cn(-c3ccccc3)c3c(=O)[nH]cnc23)cc1.CN(C)CCOc1ccc(-c2cn(-c3ccccc3)c3c(=O)[nH]cnc23)cc1.O=c1[nH]cnc2c(-c3ccc(OCC4CNC4)cc3)cn(-c3ccccc3)c12. The fourth-order valence-corrected chi connectivity index (χ4v) is 13.2. The fraction of sp³-hybridized carbons (Fsp3) is 0.170. The lowest BCUT2D eigenvalue weighted by Crippen LogP contribution is -2.45. The maximum atomic E-state index is 12.5. The molecule has 25 nitrogen and oxygen atoms in total. The number of aliphatic hydroxyl groups excluding tert-OH is 1. The van der Waals surface area contributed by atoms with Crippen LogP contribution < -0.4 is 47.1 Å². The number of carbonyl (C=O) groups is 1. The molecule has 0 bridgehead atoms. The molecule has 1 amide bonds. The minimum atomic E-state index is -0.556. The van der Waals surface area contributed by atoms with Gasteiger partial charge in [0.25, 0.3) is 22.2 Å². The summed E-state index contributed by atoms with van der Waals surface area (Å²) in [5, 5.41) is 16.0. The zero-order valence-corrected chi connectivity index (χ0v) is 62.9. The molecular weight excluding hydrogens is 1430 g/mol. The number of carbonyl (C=O) groups excluding carboxylic acids is 1. The van der Waals surface area contributed by atoms with E-state index >= 15 is 0 Å². The third kappa shape index (κ3) is 17.9. The minimum Gasteiger partial charge on any atom is -0.493 e. The molecule has 570 valence electrons. The van der Waals surface area contributed by atoms with Crippen molar-refractivity contribution in [2.45, 2.75) is 19.6 Å². The smallest absolute Gasteiger partial charge is 0.275 e. The van der Waals surface area contributed by atoms with Crippen molar-refractivity contribution in [2.75, 3.05) is 74.2 Å². The van der Waals surface area contributed by atoms with Crippen LogP contribution in [0, 0.1) is 5.92 Å². The Morgan fingerprint density at radius 2 is 0.805 bits per heavy atom. The summed E-state index contributed by atoms with van der Waals surface area (Å²) in [7, 11) is 7.85. The number of rotatable bonds is 22. The molecule has 17 rings (SSSR count). The summed E-state index contributed by atoms with van der Waals surface area (Å²) in [4.78, 5) is 93.7. The Labute approximate surface area is 649 Å². The summed E-state index contributed by atoms with van der Waals surface area (Å²) in [5.74, 6) is 2.87. The van der Waals surface area contributed by atoms with E-state index in [0.717, 1.165) is 111 Å². The molecule has 0 saturated carbocycles. The van der Waals surface area contributed by atoms with Crippen molar-refractivity contribution in [3.05, 3.63) is 315 Å². The van der Waals surface area contributed by atoms with Gasteiger partial charge >= 0.3 is 0 Å². The van der Waals surface area contributed by atoms with Crippen LogP contribution in [0.5, 0.6) is 17.2 Å². The highest BCUT2D eigenvalue weighted by molar-refractivity contribution is 5.97. The summed E-state index contributed by atoms with van der Waals surface area (Å²) < 4.78 is 24.8. The lowest BCUT2D eigenvalue weighted by Gasteiger charge is -2.26. The van der Waals surface area contributed by atoms with Gasteiger partial charge in [-0.3, -0.25) is 24.0 Å². The second-order valence-corrected chi connectivity index (χ2v) is 27.6. The Bertz CT molecular complexity index is 6150. The van der Waals surface area contributed by atoms with Crippen LogP contribution in [0.2, 0.25) is 0 Å². The molecule has 1 saturated heterocycles. The monoisotopic (exact) mass is 1510 g/mol. The molecule has 113 heavy (non-hydrogen) atoms. The molecule has 9 heterocycles. The molecule has 25 heteroatoms. The molecule has 1 aliphatic rings. The van der Waals surface area contributed by atoms with Gasteiger partial charge in [0.05, 0.1) is 31.9 Å². The van der Waals surface area contributed by atoms with Crippen LogP contribution in [-0.2, 0) is 11.3 Å². The maximum Gasteiger partial charge on any atom is 0.275 e. The first kappa shape index (κ1) is 75.9. The van der Waals surface area contributed by atoms with Gasteiger partial charge in [-0.15, -0.1) is 0 Å². The van der Waals surface area contributed by atoms with Gasteiger partial charge in [-0.2, -0.15) is 0 Å². The third-order valence-electron chi connectivity index (χ3n) is 18.9. The first-order chi connectivity index (χ1) is 55.1. The van der Waals surface area contributed by atoms with Gasteiger partial charge in [0.2, 0.25) is 5.91 Å². The Morgan fingerprint density at radius 1 is 0.451 bits per heavy atom.